The van der Waals surface area contributed by atoms with Gasteiger partial charge in [0.2, 0.25) is 0 Å². The highest BCUT2D eigenvalue weighted by atomic mass is 16.1. The molecule has 1 heteroatoms. The summed E-state index contributed by atoms with van der Waals surface area (Å²) in [5.41, 5.74) is 3.01. The first kappa shape index (κ1) is 11.5. The van der Waals surface area contributed by atoms with Gasteiger partial charge in [-0.25, -0.2) is 0 Å². The largest absolute Gasteiger partial charge is 0.294 e. The van der Waals surface area contributed by atoms with Crippen LogP contribution in [0.25, 0.3) is 0 Å². The summed E-state index contributed by atoms with van der Waals surface area (Å²) in [5.74, 6) is 2.75. The SMILES string of the molecule is C#CCCCC(=O)c1cc(C)ccc1C. The van der Waals surface area contributed by atoms with Crippen molar-refractivity contribution < 1.29 is 4.79 Å². The third-order valence-electron chi connectivity index (χ3n) is 2.42. The number of terminal acetylenes is 1. The summed E-state index contributed by atoms with van der Waals surface area (Å²) < 4.78 is 0. The Hall–Kier alpha value is -1.55. The van der Waals surface area contributed by atoms with E-state index in [-0.39, 0.29) is 5.78 Å². The number of benzene rings is 1. The van der Waals surface area contributed by atoms with Crippen LogP contribution in [-0.4, -0.2) is 5.78 Å². The first-order valence-corrected chi connectivity index (χ1v) is 5.19. The predicted octanol–water partition coefficient (Wildman–Crippen LogP) is 3.29. The number of carbonyl (C=O) groups excluding carboxylic acids is 1. The summed E-state index contributed by atoms with van der Waals surface area (Å²) in [4.78, 5) is 11.8. The summed E-state index contributed by atoms with van der Waals surface area (Å²) in [7, 11) is 0. The molecule has 78 valence electrons. The summed E-state index contributed by atoms with van der Waals surface area (Å²) in [6.07, 6.45) is 7.15. The molecule has 1 aromatic carbocycles. The molecular weight excluding hydrogens is 184 g/mol. The van der Waals surface area contributed by atoms with E-state index in [0.29, 0.717) is 12.8 Å². The van der Waals surface area contributed by atoms with E-state index in [1.807, 2.05) is 32.0 Å². The van der Waals surface area contributed by atoms with E-state index in [4.69, 9.17) is 6.42 Å². The summed E-state index contributed by atoms with van der Waals surface area (Å²) >= 11 is 0. The second kappa shape index (κ2) is 5.36. The summed E-state index contributed by atoms with van der Waals surface area (Å²) in [5, 5.41) is 0. The van der Waals surface area contributed by atoms with Crippen molar-refractivity contribution in [2.75, 3.05) is 0 Å². The van der Waals surface area contributed by atoms with Crippen LogP contribution < -0.4 is 0 Å². The molecule has 0 radical (unpaired) electrons. The highest BCUT2D eigenvalue weighted by Gasteiger charge is 2.08. The molecule has 15 heavy (non-hydrogen) atoms. The van der Waals surface area contributed by atoms with Crippen LogP contribution in [0.15, 0.2) is 18.2 Å². The maximum Gasteiger partial charge on any atom is 0.163 e. The number of aryl methyl sites for hydroxylation is 2. The van der Waals surface area contributed by atoms with Crippen LogP contribution in [0.4, 0.5) is 0 Å². The molecule has 0 N–H and O–H groups in total. The molecular formula is C14H16O. The minimum absolute atomic E-state index is 0.200. The average Bonchev–Trinajstić information content (AvgIpc) is 2.22. The lowest BCUT2D eigenvalue weighted by Crippen LogP contribution is -2.01. The van der Waals surface area contributed by atoms with Gasteiger partial charge in [0.15, 0.2) is 5.78 Å². The van der Waals surface area contributed by atoms with E-state index in [1.54, 1.807) is 0 Å². The highest BCUT2D eigenvalue weighted by Crippen LogP contribution is 2.14. The fraction of sp³-hybridized carbons (Fsp3) is 0.357. The van der Waals surface area contributed by atoms with Crippen LogP contribution in [0.2, 0.25) is 0 Å². The molecule has 0 aliphatic carbocycles. The molecule has 1 nitrogen and oxygen atoms in total. The summed E-state index contributed by atoms with van der Waals surface area (Å²) in [6, 6.07) is 5.96. The van der Waals surface area contributed by atoms with Crippen molar-refractivity contribution >= 4 is 5.78 Å². The number of carbonyl (C=O) groups is 1. The zero-order valence-corrected chi connectivity index (χ0v) is 9.34. The maximum atomic E-state index is 11.8. The average molecular weight is 200 g/mol. The fourth-order valence-corrected chi connectivity index (χ4v) is 1.52. The molecule has 0 aromatic heterocycles. The molecule has 0 spiro atoms. The molecule has 0 saturated heterocycles. The molecule has 0 heterocycles. The van der Waals surface area contributed by atoms with Gasteiger partial charge in [0, 0.05) is 18.4 Å². The van der Waals surface area contributed by atoms with Crippen LogP contribution in [0.1, 0.15) is 40.7 Å². The molecule has 0 saturated carbocycles. The smallest absolute Gasteiger partial charge is 0.163 e. The van der Waals surface area contributed by atoms with Crippen molar-refractivity contribution in [2.24, 2.45) is 0 Å². The van der Waals surface area contributed by atoms with E-state index in [1.165, 1.54) is 0 Å². The van der Waals surface area contributed by atoms with Gasteiger partial charge in [0.25, 0.3) is 0 Å². The maximum absolute atomic E-state index is 11.8. The lowest BCUT2D eigenvalue weighted by molar-refractivity contribution is 0.0980. The highest BCUT2D eigenvalue weighted by molar-refractivity contribution is 5.97. The number of unbranched alkanes of at least 4 members (excludes halogenated alkanes) is 1. The molecule has 0 amide bonds. The Morgan fingerprint density at radius 3 is 2.80 bits per heavy atom. The minimum Gasteiger partial charge on any atom is -0.294 e. The Morgan fingerprint density at radius 1 is 1.40 bits per heavy atom. The van der Waals surface area contributed by atoms with Gasteiger partial charge in [0.1, 0.15) is 0 Å². The number of ketones is 1. The monoisotopic (exact) mass is 200 g/mol. The topological polar surface area (TPSA) is 17.1 Å². The molecule has 1 aromatic rings. The van der Waals surface area contributed by atoms with Crippen molar-refractivity contribution in [1.29, 1.82) is 0 Å². The summed E-state index contributed by atoms with van der Waals surface area (Å²) in [6.45, 7) is 3.96. The first-order chi connectivity index (χ1) is 7.15. The van der Waals surface area contributed by atoms with Crippen molar-refractivity contribution in [3.8, 4) is 12.3 Å². The van der Waals surface area contributed by atoms with E-state index >= 15 is 0 Å². The third-order valence-corrected chi connectivity index (χ3v) is 2.42. The van der Waals surface area contributed by atoms with Crippen LogP contribution in [0.3, 0.4) is 0 Å². The quantitative estimate of drug-likeness (QED) is 0.414. The van der Waals surface area contributed by atoms with Gasteiger partial charge < -0.3 is 0 Å². The zero-order valence-electron chi connectivity index (χ0n) is 9.34. The van der Waals surface area contributed by atoms with Crippen molar-refractivity contribution in [3.05, 3.63) is 34.9 Å². The second-order valence-corrected chi connectivity index (χ2v) is 3.80. The molecule has 0 unspecified atom stereocenters. The van der Waals surface area contributed by atoms with Crippen molar-refractivity contribution in [3.63, 3.8) is 0 Å². The lowest BCUT2D eigenvalue weighted by atomic mass is 9.99. The first-order valence-electron chi connectivity index (χ1n) is 5.19. The predicted molar refractivity (Wildman–Crippen MR) is 62.9 cm³/mol. The molecule has 0 fully saturated rings. The molecule has 0 aliphatic rings. The Balaban J connectivity index is 2.73. The Labute approximate surface area is 91.5 Å². The van der Waals surface area contributed by atoms with Gasteiger partial charge >= 0.3 is 0 Å². The Morgan fingerprint density at radius 2 is 2.13 bits per heavy atom. The molecule has 0 atom stereocenters. The van der Waals surface area contributed by atoms with Gasteiger partial charge in [-0.1, -0.05) is 17.7 Å². The van der Waals surface area contributed by atoms with Gasteiger partial charge in [-0.2, -0.15) is 0 Å². The standard InChI is InChI=1S/C14H16O/c1-4-5-6-7-14(15)13-10-11(2)8-9-12(13)3/h1,8-10H,5-7H2,2-3H3. The van der Waals surface area contributed by atoms with Crippen LogP contribution in [0, 0.1) is 26.2 Å². The van der Waals surface area contributed by atoms with E-state index < -0.39 is 0 Å². The number of rotatable bonds is 4. The van der Waals surface area contributed by atoms with Crippen LogP contribution >= 0.6 is 0 Å². The van der Waals surface area contributed by atoms with Crippen LogP contribution in [-0.2, 0) is 0 Å². The molecule has 0 bridgehead atoms. The molecule has 0 aliphatic heterocycles. The third kappa shape index (κ3) is 3.25. The number of hydrogen-bond acceptors (Lipinski definition) is 1. The van der Waals surface area contributed by atoms with Crippen molar-refractivity contribution in [1.82, 2.24) is 0 Å². The van der Waals surface area contributed by atoms with E-state index in [2.05, 4.69) is 5.92 Å². The van der Waals surface area contributed by atoms with E-state index in [0.717, 1.165) is 23.1 Å². The Bertz CT molecular complexity index is 396. The second-order valence-electron chi connectivity index (χ2n) is 3.80. The van der Waals surface area contributed by atoms with Gasteiger partial charge in [-0.05, 0) is 31.9 Å². The normalized spacial score (nSPS) is 9.67. The molecule has 1 rings (SSSR count). The fourth-order valence-electron chi connectivity index (χ4n) is 1.52. The minimum atomic E-state index is 0.200. The van der Waals surface area contributed by atoms with E-state index in [9.17, 15) is 4.79 Å². The zero-order chi connectivity index (χ0) is 11.3. The lowest BCUT2D eigenvalue weighted by Gasteiger charge is -2.05. The van der Waals surface area contributed by atoms with Gasteiger partial charge in [0.05, 0.1) is 0 Å². The van der Waals surface area contributed by atoms with Crippen molar-refractivity contribution in [2.45, 2.75) is 33.1 Å². The van der Waals surface area contributed by atoms with Gasteiger partial charge in [-0.15, -0.1) is 12.3 Å². The van der Waals surface area contributed by atoms with Crippen LogP contribution in [0.5, 0.6) is 0 Å². The number of Topliss-reactive ketones (excluding diaryl/α,β-unsaturated/α-hetero) is 1. The van der Waals surface area contributed by atoms with Gasteiger partial charge in [-0.3, -0.25) is 4.79 Å². The number of hydrogen-bond donors (Lipinski definition) is 0. The Kier molecular flexibility index (Phi) is 4.12.